The summed E-state index contributed by atoms with van der Waals surface area (Å²) in [5.74, 6) is 3.39. The van der Waals surface area contributed by atoms with Crippen LogP contribution in [0.2, 0.25) is 0 Å². The number of nitrogens with one attached hydrogen (secondary N) is 1. The highest BCUT2D eigenvalue weighted by Crippen LogP contribution is 2.35. The van der Waals surface area contributed by atoms with Gasteiger partial charge in [-0.15, -0.1) is 0 Å². The van der Waals surface area contributed by atoms with E-state index < -0.39 is 0 Å². The average molecular weight is 297 g/mol. The van der Waals surface area contributed by atoms with Gasteiger partial charge in [-0.05, 0) is 37.1 Å². The first-order valence-corrected chi connectivity index (χ1v) is 6.98. The summed E-state index contributed by atoms with van der Waals surface area (Å²) >= 11 is 0. The van der Waals surface area contributed by atoms with Crippen LogP contribution in [0.3, 0.4) is 0 Å². The Balaban J connectivity index is 1.73. The van der Waals surface area contributed by atoms with Crippen molar-refractivity contribution in [3.8, 4) is 11.5 Å². The van der Waals surface area contributed by atoms with Crippen LogP contribution in [0.25, 0.3) is 11.2 Å². The van der Waals surface area contributed by atoms with Crippen LogP contribution in [0.15, 0.2) is 12.1 Å². The number of fused-ring (bicyclic) bond motifs is 2. The summed E-state index contributed by atoms with van der Waals surface area (Å²) in [6, 6.07) is 3.98. The number of nitrogens with zero attached hydrogens (tertiary/aromatic N) is 3. The van der Waals surface area contributed by atoms with E-state index in [-0.39, 0.29) is 6.79 Å². The van der Waals surface area contributed by atoms with Gasteiger partial charge >= 0.3 is 0 Å². The molecule has 112 valence electrons. The van der Waals surface area contributed by atoms with Crippen LogP contribution in [0.5, 0.6) is 11.5 Å². The molecule has 0 saturated carbocycles. The predicted octanol–water partition coefficient (Wildman–Crippen LogP) is 1.87. The maximum Gasteiger partial charge on any atom is 0.231 e. The predicted molar refractivity (Wildman–Crippen MR) is 80.9 cm³/mol. The fourth-order valence-electron chi connectivity index (χ4n) is 2.62. The van der Waals surface area contributed by atoms with Gasteiger partial charge in [0.15, 0.2) is 23.0 Å². The Morgan fingerprint density at radius 3 is 2.73 bits per heavy atom. The van der Waals surface area contributed by atoms with E-state index in [9.17, 15) is 0 Å². The lowest BCUT2D eigenvalue weighted by atomic mass is 10.0. The molecular weight excluding hydrogens is 282 g/mol. The van der Waals surface area contributed by atoms with Gasteiger partial charge < -0.3 is 20.2 Å². The highest BCUT2D eigenvalue weighted by atomic mass is 16.7. The van der Waals surface area contributed by atoms with E-state index >= 15 is 0 Å². The number of anilines is 1. The van der Waals surface area contributed by atoms with E-state index in [2.05, 4.69) is 19.9 Å². The van der Waals surface area contributed by atoms with E-state index in [1.807, 2.05) is 19.1 Å². The Morgan fingerprint density at radius 1 is 1.14 bits per heavy atom. The highest BCUT2D eigenvalue weighted by molar-refractivity contribution is 5.81. The number of hydrogen-bond donors (Lipinski definition) is 2. The van der Waals surface area contributed by atoms with Crippen LogP contribution in [-0.2, 0) is 6.42 Å². The number of aryl methyl sites for hydroxylation is 2. The van der Waals surface area contributed by atoms with Gasteiger partial charge in [-0.1, -0.05) is 0 Å². The Morgan fingerprint density at radius 2 is 1.91 bits per heavy atom. The summed E-state index contributed by atoms with van der Waals surface area (Å²) in [6.07, 6.45) is 0.636. The quantitative estimate of drug-likeness (QED) is 0.749. The molecule has 0 unspecified atom stereocenters. The number of imidazole rings is 1. The first-order valence-electron chi connectivity index (χ1n) is 6.98. The summed E-state index contributed by atoms with van der Waals surface area (Å²) in [4.78, 5) is 16.2. The van der Waals surface area contributed by atoms with Crippen molar-refractivity contribution in [2.24, 2.45) is 0 Å². The molecule has 2 aromatic heterocycles. The Bertz CT molecular complexity index is 887. The normalized spacial score (nSPS) is 13.0. The highest BCUT2D eigenvalue weighted by Gasteiger charge is 2.17. The smallest absolute Gasteiger partial charge is 0.231 e. The summed E-state index contributed by atoms with van der Waals surface area (Å²) in [5, 5.41) is 0. The summed E-state index contributed by atoms with van der Waals surface area (Å²) < 4.78 is 10.8. The first kappa shape index (κ1) is 12.9. The van der Waals surface area contributed by atoms with Gasteiger partial charge in [0, 0.05) is 6.42 Å². The second-order valence-corrected chi connectivity index (χ2v) is 5.35. The Labute approximate surface area is 126 Å². The zero-order valence-corrected chi connectivity index (χ0v) is 12.3. The molecule has 4 rings (SSSR count). The van der Waals surface area contributed by atoms with Crippen molar-refractivity contribution in [1.82, 2.24) is 19.9 Å². The van der Waals surface area contributed by atoms with Gasteiger partial charge in [0.25, 0.3) is 0 Å². The number of aromatic amines is 1. The van der Waals surface area contributed by atoms with E-state index in [4.69, 9.17) is 15.2 Å². The van der Waals surface area contributed by atoms with E-state index in [0.717, 1.165) is 28.5 Å². The number of H-pyrrole nitrogens is 1. The van der Waals surface area contributed by atoms with Gasteiger partial charge in [0.2, 0.25) is 6.79 Å². The number of rotatable bonds is 2. The molecule has 0 fully saturated rings. The summed E-state index contributed by atoms with van der Waals surface area (Å²) in [6.45, 7) is 4.11. The fraction of sp³-hybridized carbons (Fsp3) is 0.267. The Hall–Kier alpha value is -2.83. The van der Waals surface area contributed by atoms with Crippen LogP contribution in [-0.4, -0.2) is 26.7 Å². The van der Waals surface area contributed by atoms with Crippen molar-refractivity contribution < 1.29 is 9.47 Å². The first-order chi connectivity index (χ1) is 10.6. The second-order valence-electron chi connectivity index (χ2n) is 5.35. The molecule has 0 saturated heterocycles. The summed E-state index contributed by atoms with van der Waals surface area (Å²) in [5.41, 5.74) is 9.43. The number of nitrogens with two attached hydrogens (primary N) is 1. The van der Waals surface area contributed by atoms with Crippen LogP contribution < -0.4 is 15.2 Å². The van der Waals surface area contributed by atoms with E-state index in [1.54, 1.807) is 6.92 Å². The maximum atomic E-state index is 5.91. The number of hydrogen-bond acceptors (Lipinski definition) is 6. The zero-order valence-electron chi connectivity index (χ0n) is 12.3. The molecule has 0 aliphatic carbocycles. The van der Waals surface area contributed by atoms with E-state index in [1.165, 1.54) is 0 Å². The van der Waals surface area contributed by atoms with Crippen molar-refractivity contribution in [1.29, 1.82) is 0 Å². The molecule has 7 nitrogen and oxygen atoms in total. The molecular formula is C15H15N5O2. The van der Waals surface area contributed by atoms with Crippen LogP contribution in [0, 0.1) is 13.8 Å². The molecule has 7 heteroatoms. The van der Waals surface area contributed by atoms with Gasteiger partial charge in [-0.25, -0.2) is 15.0 Å². The lowest BCUT2D eigenvalue weighted by Gasteiger charge is -2.05. The van der Waals surface area contributed by atoms with Gasteiger partial charge in [-0.3, -0.25) is 0 Å². The molecule has 0 spiro atoms. The molecule has 1 aliphatic heterocycles. The molecule has 0 amide bonds. The van der Waals surface area contributed by atoms with Crippen molar-refractivity contribution in [2.75, 3.05) is 12.5 Å². The minimum atomic E-state index is 0.272. The van der Waals surface area contributed by atoms with Crippen molar-refractivity contribution in [3.05, 3.63) is 34.9 Å². The standard InChI is InChI=1S/C15H15N5O2/c1-7-3-10-11(22-6-21-10)4-9(7)5-12-19-13-14(16)17-8(2)18-15(13)20-12/h3-4H,5-6H2,1-2H3,(H3,16,17,18,19,20). The van der Waals surface area contributed by atoms with Crippen molar-refractivity contribution in [3.63, 3.8) is 0 Å². The van der Waals surface area contributed by atoms with Gasteiger partial charge in [-0.2, -0.15) is 0 Å². The molecule has 0 radical (unpaired) electrons. The van der Waals surface area contributed by atoms with Crippen molar-refractivity contribution in [2.45, 2.75) is 20.3 Å². The molecule has 3 aromatic rings. The average Bonchev–Trinajstić information content (AvgIpc) is 3.05. The van der Waals surface area contributed by atoms with Crippen LogP contribution in [0.4, 0.5) is 5.82 Å². The molecule has 3 N–H and O–H groups in total. The topological polar surface area (TPSA) is 98.9 Å². The maximum absolute atomic E-state index is 5.91. The van der Waals surface area contributed by atoms with Crippen LogP contribution >= 0.6 is 0 Å². The second kappa shape index (κ2) is 4.59. The zero-order chi connectivity index (χ0) is 15.3. The number of nitrogen functional groups attached to an aromatic ring is 1. The fourth-order valence-corrected chi connectivity index (χ4v) is 2.62. The lowest BCUT2D eigenvalue weighted by molar-refractivity contribution is 0.174. The number of ether oxygens (including phenoxy) is 2. The largest absolute Gasteiger partial charge is 0.454 e. The molecule has 1 aromatic carbocycles. The Kier molecular flexibility index (Phi) is 2.69. The van der Waals surface area contributed by atoms with Gasteiger partial charge in [0.1, 0.15) is 17.2 Å². The van der Waals surface area contributed by atoms with E-state index in [0.29, 0.717) is 29.2 Å². The molecule has 22 heavy (non-hydrogen) atoms. The van der Waals surface area contributed by atoms with Crippen LogP contribution in [0.1, 0.15) is 22.8 Å². The molecule has 3 heterocycles. The molecule has 0 atom stereocenters. The SMILES string of the molecule is Cc1nc(N)c2[nH]c(Cc3cc4c(cc3C)OCO4)nc2n1. The number of aromatic nitrogens is 4. The van der Waals surface area contributed by atoms with Gasteiger partial charge in [0.05, 0.1) is 0 Å². The minimum absolute atomic E-state index is 0.272. The lowest BCUT2D eigenvalue weighted by Crippen LogP contribution is -1.96. The third kappa shape index (κ3) is 2.02. The number of benzene rings is 1. The third-order valence-corrected chi connectivity index (χ3v) is 3.73. The van der Waals surface area contributed by atoms with Crippen molar-refractivity contribution >= 4 is 17.0 Å². The minimum Gasteiger partial charge on any atom is -0.454 e. The molecule has 0 bridgehead atoms. The summed E-state index contributed by atoms with van der Waals surface area (Å²) in [7, 11) is 0. The third-order valence-electron chi connectivity index (χ3n) is 3.73. The monoisotopic (exact) mass is 297 g/mol. The molecule has 1 aliphatic rings.